The molecule has 2 N–H and O–H groups in total. The van der Waals surface area contributed by atoms with Crippen molar-refractivity contribution < 1.29 is 9.59 Å². The second-order valence-corrected chi connectivity index (χ2v) is 9.34. The Morgan fingerprint density at radius 3 is 2.80 bits per heavy atom. The molecule has 0 unspecified atom stereocenters. The van der Waals surface area contributed by atoms with Gasteiger partial charge in [0.2, 0.25) is 5.91 Å². The molecule has 152 valence electrons. The first-order valence-corrected chi connectivity index (χ1v) is 11.7. The molecule has 2 aliphatic rings. The lowest BCUT2D eigenvalue weighted by Gasteiger charge is -2.32. The zero-order valence-electron chi connectivity index (χ0n) is 15.9. The second-order valence-electron chi connectivity index (χ2n) is 6.94. The van der Waals surface area contributed by atoms with Crippen LogP contribution >= 0.6 is 34.7 Å². The molecule has 1 aromatic heterocycles. The van der Waals surface area contributed by atoms with E-state index < -0.39 is 0 Å². The monoisotopic (exact) mass is 455 g/mol. The van der Waals surface area contributed by atoms with Gasteiger partial charge in [0.25, 0.3) is 0 Å². The number of nitriles is 1. The average molecular weight is 456 g/mol. The van der Waals surface area contributed by atoms with Gasteiger partial charge >= 0.3 is 0 Å². The number of nitrogens with zero attached hydrogens (tertiary/aromatic N) is 1. The molecule has 5 nitrogen and oxygen atoms in total. The highest BCUT2D eigenvalue weighted by Gasteiger charge is 2.37. The van der Waals surface area contributed by atoms with Crippen molar-refractivity contribution in [3.8, 4) is 6.07 Å². The molecule has 0 spiro atoms. The van der Waals surface area contributed by atoms with Crippen molar-refractivity contribution in [1.82, 2.24) is 5.32 Å². The molecule has 4 rings (SSSR count). The number of halogens is 1. The maximum Gasteiger partial charge on any atom is 0.234 e. The van der Waals surface area contributed by atoms with Gasteiger partial charge in [-0.15, -0.1) is 11.3 Å². The van der Waals surface area contributed by atoms with Crippen LogP contribution in [0.15, 0.2) is 63.7 Å². The maximum absolute atomic E-state index is 12.7. The third kappa shape index (κ3) is 4.31. The zero-order valence-corrected chi connectivity index (χ0v) is 18.3. The summed E-state index contributed by atoms with van der Waals surface area (Å²) in [6, 6.07) is 13.1. The van der Waals surface area contributed by atoms with Crippen LogP contribution in [0.5, 0.6) is 0 Å². The molecule has 8 heteroatoms. The molecule has 2 heterocycles. The first kappa shape index (κ1) is 20.7. The van der Waals surface area contributed by atoms with Crippen LogP contribution < -0.4 is 10.6 Å². The van der Waals surface area contributed by atoms with E-state index in [1.807, 2.05) is 17.5 Å². The van der Waals surface area contributed by atoms with Gasteiger partial charge in [-0.1, -0.05) is 29.4 Å². The van der Waals surface area contributed by atoms with Gasteiger partial charge in [0, 0.05) is 33.3 Å². The summed E-state index contributed by atoms with van der Waals surface area (Å²) >= 11 is 8.70. The number of carbonyl (C=O) groups excluding carboxylic acids is 2. The number of amides is 1. The second kappa shape index (κ2) is 9.09. The van der Waals surface area contributed by atoms with E-state index in [0.717, 1.165) is 23.4 Å². The van der Waals surface area contributed by atoms with E-state index in [1.54, 1.807) is 24.3 Å². The average Bonchev–Trinajstić information content (AvgIpc) is 3.27. The number of dihydropyridines is 1. The minimum Gasteiger partial charge on any atom is -0.352 e. The molecule has 0 bridgehead atoms. The fourth-order valence-corrected chi connectivity index (χ4v) is 5.48. The molecule has 2 aromatic rings. The Hall–Kier alpha value is -2.53. The summed E-state index contributed by atoms with van der Waals surface area (Å²) < 4.78 is 0. The number of carbonyl (C=O) groups is 2. The molecule has 1 aromatic carbocycles. The Morgan fingerprint density at radius 2 is 2.10 bits per heavy atom. The summed E-state index contributed by atoms with van der Waals surface area (Å²) in [5.41, 5.74) is 2.74. The predicted molar refractivity (Wildman–Crippen MR) is 121 cm³/mol. The molecule has 1 atom stereocenters. The van der Waals surface area contributed by atoms with E-state index in [2.05, 4.69) is 16.7 Å². The van der Waals surface area contributed by atoms with E-state index in [4.69, 9.17) is 11.6 Å². The van der Waals surface area contributed by atoms with Crippen LogP contribution in [0.1, 0.15) is 30.1 Å². The van der Waals surface area contributed by atoms with Gasteiger partial charge in [0.1, 0.15) is 0 Å². The molecule has 1 aliphatic heterocycles. The van der Waals surface area contributed by atoms with Crippen LogP contribution in [0.3, 0.4) is 0 Å². The zero-order chi connectivity index (χ0) is 21.1. The largest absolute Gasteiger partial charge is 0.352 e. The third-order valence-electron chi connectivity index (χ3n) is 4.97. The van der Waals surface area contributed by atoms with Crippen LogP contribution in [0.25, 0.3) is 0 Å². The topological polar surface area (TPSA) is 82.0 Å². The first-order chi connectivity index (χ1) is 14.6. The van der Waals surface area contributed by atoms with Crippen molar-refractivity contribution in [2.75, 3.05) is 11.1 Å². The standard InChI is InChI=1S/C22H18ClN3O2S2/c23-13-6-8-14(9-7-13)25-19(28)12-30-22-15(11-24)20(18-5-2-10-29-18)21-16(26-22)3-1-4-17(21)27/h2,5-10,20,26H,1,3-4,12H2,(H,25,28)/t20-/m1/s1. The number of anilines is 1. The molecule has 1 amide bonds. The van der Waals surface area contributed by atoms with Gasteiger partial charge in [-0.2, -0.15) is 5.26 Å². The van der Waals surface area contributed by atoms with Crippen molar-refractivity contribution >= 4 is 52.1 Å². The number of hydrogen-bond donors (Lipinski definition) is 2. The Labute approximate surface area is 187 Å². The Bertz CT molecular complexity index is 1080. The SMILES string of the molecule is N#CC1=C(SCC(=O)Nc2ccc(Cl)cc2)NC2=C(C(=O)CCC2)[C@H]1c1cccs1. The lowest BCUT2D eigenvalue weighted by Crippen LogP contribution is -2.31. The quantitative estimate of drug-likeness (QED) is 0.647. The number of benzene rings is 1. The molecule has 0 saturated carbocycles. The highest BCUT2D eigenvalue weighted by atomic mass is 35.5. The van der Waals surface area contributed by atoms with E-state index in [9.17, 15) is 14.9 Å². The normalized spacial score (nSPS) is 18.5. The Kier molecular flexibility index (Phi) is 6.28. The highest BCUT2D eigenvalue weighted by molar-refractivity contribution is 8.03. The summed E-state index contributed by atoms with van der Waals surface area (Å²) in [7, 11) is 0. The van der Waals surface area contributed by atoms with E-state index in [0.29, 0.717) is 33.3 Å². The fourth-order valence-electron chi connectivity index (χ4n) is 3.65. The summed E-state index contributed by atoms with van der Waals surface area (Å²) in [4.78, 5) is 26.1. The number of hydrogen-bond acceptors (Lipinski definition) is 6. The molecule has 0 radical (unpaired) electrons. The van der Waals surface area contributed by atoms with Crippen molar-refractivity contribution in [3.63, 3.8) is 0 Å². The van der Waals surface area contributed by atoms with E-state index >= 15 is 0 Å². The number of Topliss-reactive ketones (excluding diaryl/α,β-unsaturated/α-hetero) is 1. The number of ketones is 1. The number of nitrogens with one attached hydrogen (secondary N) is 2. The van der Waals surface area contributed by atoms with Crippen molar-refractivity contribution in [2.24, 2.45) is 0 Å². The summed E-state index contributed by atoms with van der Waals surface area (Å²) in [6.45, 7) is 0. The molecule has 0 saturated heterocycles. The highest BCUT2D eigenvalue weighted by Crippen LogP contribution is 2.45. The maximum atomic E-state index is 12.7. The van der Waals surface area contributed by atoms with Gasteiger partial charge in [0.15, 0.2) is 5.78 Å². The van der Waals surface area contributed by atoms with Crippen LogP contribution in [0.2, 0.25) is 5.02 Å². The van der Waals surface area contributed by atoms with E-state index in [1.165, 1.54) is 23.1 Å². The number of thioether (sulfide) groups is 1. The summed E-state index contributed by atoms with van der Waals surface area (Å²) in [5, 5.41) is 19.2. The van der Waals surface area contributed by atoms with Gasteiger partial charge in [-0.05, 0) is 48.6 Å². The lowest BCUT2D eigenvalue weighted by molar-refractivity contribution is -0.116. The smallest absolute Gasteiger partial charge is 0.234 e. The molecule has 0 fully saturated rings. The third-order valence-corrected chi connectivity index (χ3v) is 7.17. The first-order valence-electron chi connectivity index (χ1n) is 9.46. The Balaban J connectivity index is 1.56. The van der Waals surface area contributed by atoms with Crippen molar-refractivity contribution in [3.05, 3.63) is 73.6 Å². The van der Waals surface area contributed by atoms with Crippen LogP contribution in [0.4, 0.5) is 5.69 Å². The lowest BCUT2D eigenvalue weighted by atomic mass is 9.79. The van der Waals surface area contributed by atoms with Crippen molar-refractivity contribution in [2.45, 2.75) is 25.2 Å². The minimum atomic E-state index is -0.360. The fraction of sp³-hybridized carbons (Fsp3) is 0.227. The summed E-state index contributed by atoms with van der Waals surface area (Å²) in [6.07, 6.45) is 2.06. The van der Waals surface area contributed by atoms with Crippen LogP contribution in [-0.2, 0) is 9.59 Å². The molecule has 1 aliphatic carbocycles. The van der Waals surface area contributed by atoms with Crippen molar-refractivity contribution in [1.29, 1.82) is 5.26 Å². The van der Waals surface area contributed by atoms with Gasteiger partial charge in [0.05, 0.1) is 28.3 Å². The number of thiophene rings is 1. The molecular weight excluding hydrogens is 438 g/mol. The van der Waals surface area contributed by atoms with E-state index in [-0.39, 0.29) is 23.4 Å². The molecular formula is C22H18ClN3O2S2. The summed E-state index contributed by atoms with van der Waals surface area (Å²) in [5.74, 6) is -0.300. The number of allylic oxidation sites excluding steroid dienone is 3. The van der Waals surface area contributed by atoms with Gasteiger partial charge in [-0.25, -0.2) is 0 Å². The number of rotatable bonds is 5. The van der Waals surface area contributed by atoms with Gasteiger partial charge < -0.3 is 10.6 Å². The minimum absolute atomic E-state index is 0.0967. The molecule has 30 heavy (non-hydrogen) atoms. The van der Waals surface area contributed by atoms with Crippen LogP contribution in [-0.4, -0.2) is 17.4 Å². The van der Waals surface area contributed by atoms with Crippen LogP contribution in [0, 0.1) is 11.3 Å². The Morgan fingerprint density at radius 1 is 1.30 bits per heavy atom. The predicted octanol–water partition coefficient (Wildman–Crippen LogP) is 5.20. The van der Waals surface area contributed by atoms with Gasteiger partial charge in [-0.3, -0.25) is 9.59 Å².